The predicted molar refractivity (Wildman–Crippen MR) is 102 cm³/mol. The number of hydrogen-bond acceptors (Lipinski definition) is 5. The lowest BCUT2D eigenvalue weighted by Gasteiger charge is -2.39. The summed E-state index contributed by atoms with van der Waals surface area (Å²) in [5.41, 5.74) is 1.25. The number of methoxy groups -OCH3 is 3. The fraction of sp³-hybridized carbons (Fsp3) is 0.727. The zero-order chi connectivity index (χ0) is 19.6. The Balaban J connectivity index is 1.60. The molecule has 1 aliphatic heterocycles. The lowest BCUT2D eigenvalue weighted by molar-refractivity contribution is -0.0919. The molecule has 2 aliphatic carbocycles. The Morgan fingerprint density at radius 3 is 2.22 bits per heavy atom. The van der Waals surface area contributed by atoms with Crippen molar-refractivity contribution in [1.29, 1.82) is 0 Å². The van der Waals surface area contributed by atoms with Crippen molar-refractivity contribution in [2.45, 2.75) is 58.3 Å². The molecule has 0 spiro atoms. The lowest BCUT2D eigenvalue weighted by atomic mass is 9.70. The average Bonchev–Trinajstić information content (AvgIpc) is 3.24. The summed E-state index contributed by atoms with van der Waals surface area (Å²) in [4.78, 5) is 0. The van der Waals surface area contributed by atoms with Gasteiger partial charge >= 0.3 is 0 Å². The van der Waals surface area contributed by atoms with Gasteiger partial charge in [0.15, 0.2) is 11.5 Å². The SMILES string of the molecule is COc1cc(C(O)[C@H]2C[C@@H]3[C@H]4CC[C@@](C)([C@@H]3O2)C4(C)C)cc(OC)c1OC. The van der Waals surface area contributed by atoms with Crippen LogP contribution in [0, 0.1) is 22.7 Å². The van der Waals surface area contributed by atoms with Crippen molar-refractivity contribution in [3.63, 3.8) is 0 Å². The van der Waals surface area contributed by atoms with Gasteiger partial charge < -0.3 is 24.1 Å². The van der Waals surface area contributed by atoms with Gasteiger partial charge in [0, 0.05) is 0 Å². The smallest absolute Gasteiger partial charge is 0.203 e. The molecule has 3 aliphatic rings. The Morgan fingerprint density at radius 2 is 1.70 bits per heavy atom. The minimum absolute atomic E-state index is 0.196. The fourth-order valence-electron chi connectivity index (χ4n) is 6.24. The normalized spacial score (nSPS) is 37.1. The summed E-state index contributed by atoms with van der Waals surface area (Å²) in [5, 5.41) is 11.1. The van der Waals surface area contributed by atoms with Crippen molar-refractivity contribution in [3.8, 4) is 17.2 Å². The van der Waals surface area contributed by atoms with Crippen LogP contribution in [0.5, 0.6) is 17.2 Å². The van der Waals surface area contributed by atoms with Crippen LogP contribution in [0.25, 0.3) is 0 Å². The summed E-state index contributed by atoms with van der Waals surface area (Å²) in [7, 11) is 4.75. The van der Waals surface area contributed by atoms with Crippen molar-refractivity contribution in [1.82, 2.24) is 0 Å². The second-order valence-corrected chi connectivity index (χ2v) is 9.18. The van der Waals surface area contributed by atoms with Crippen LogP contribution in [0.15, 0.2) is 12.1 Å². The Labute approximate surface area is 162 Å². The Hall–Kier alpha value is -1.46. The molecule has 1 N–H and O–H groups in total. The summed E-state index contributed by atoms with van der Waals surface area (Å²) in [6, 6.07) is 3.65. The monoisotopic (exact) mass is 376 g/mol. The zero-order valence-electron chi connectivity index (χ0n) is 17.2. The van der Waals surface area contributed by atoms with Crippen LogP contribution >= 0.6 is 0 Å². The first-order valence-electron chi connectivity index (χ1n) is 9.92. The molecule has 150 valence electrons. The number of fused-ring (bicyclic) bond motifs is 5. The van der Waals surface area contributed by atoms with E-state index in [2.05, 4.69) is 20.8 Å². The maximum Gasteiger partial charge on any atom is 0.203 e. The largest absolute Gasteiger partial charge is 0.493 e. The van der Waals surface area contributed by atoms with Gasteiger partial charge in [0.2, 0.25) is 5.75 Å². The summed E-state index contributed by atoms with van der Waals surface area (Å²) < 4.78 is 22.8. The summed E-state index contributed by atoms with van der Waals surface area (Å²) in [6.07, 6.45) is 2.74. The Kier molecular flexibility index (Phi) is 4.39. The Morgan fingerprint density at radius 1 is 1.07 bits per heavy atom. The van der Waals surface area contributed by atoms with Gasteiger partial charge in [0.05, 0.1) is 33.5 Å². The summed E-state index contributed by atoms with van der Waals surface area (Å²) in [5.74, 6) is 2.87. The van der Waals surface area contributed by atoms with Crippen LogP contribution in [0.1, 0.15) is 51.7 Å². The molecule has 1 saturated heterocycles. The average molecular weight is 376 g/mol. The third-order valence-corrected chi connectivity index (χ3v) is 8.11. The van der Waals surface area contributed by atoms with Gasteiger partial charge in [-0.3, -0.25) is 0 Å². The van der Waals surface area contributed by atoms with Gasteiger partial charge in [-0.15, -0.1) is 0 Å². The summed E-state index contributed by atoms with van der Waals surface area (Å²) in [6.45, 7) is 7.18. The second-order valence-electron chi connectivity index (χ2n) is 9.18. The van der Waals surface area contributed by atoms with Gasteiger partial charge in [-0.1, -0.05) is 20.8 Å². The molecule has 1 heterocycles. The van der Waals surface area contributed by atoms with E-state index in [0.29, 0.717) is 34.5 Å². The number of aliphatic hydroxyl groups is 1. The summed E-state index contributed by atoms with van der Waals surface area (Å²) >= 11 is 0. The molecule has 1 aromatic rings. The molecular weight excluding hydrogens is 344 g/mol. The van der Waals surface area contributed by atoms with Gasteiger partial charge in [-0.25, -0.2) is 0 Å². The molecule has 6 atom stereocenters. The predicted octanol–water partition coefficient (Wildman–Crippen LogP) is 3.98. The van der Waals surface area contributed by atoms with Crippen LogP contribution in [0.3, 0.4) is 0 Å². The van der Waals surface area contributed by atoms with Crippen LogP contribution in [-0.2, 0) is 4.74 Å². The first-order chi connectivity index (χ1) is 12.8. The van der Waals surface area contributed by atoms with E-state index in [1.54, 1.807) is 21.3 Å². The highest BCUT2D eigenvalue weighted by Crippen LogP contribution is 2.71. The number of hydrogen-bond donors (Lipinski definition) is 1. The van der Waals surface area contributed by atoms with Crippen LogP contribution in [-0.4, -0.2) is 38.6 Å². The third kappa shape index (κ3) is 2.44. The quantitative estimate of drug-likeness (QED) is 0.842. The second kappa shape index (κ2) is 6.28. The zero-order valence-corrected chi connectivity index (χ0v) is 17.2. The van der Waals surface area contributed by atoms with Crippen LogP contribution in [0.4, 0.5) is 0 Å². The van der Waals surface area contributed by atoms with Crippen molar-refractivity contribution < 1.29 is 24.1 Å². The first-order valence-corrected chi connectivity index (χ1v) is 9.92. The van der Waals surface area contributed by atoms with Crippen LogP contribution in [0.2, 0.25) is 0 Å². The van der Waals surface area contributed by atoms with E-state index >= 15 is 0 Å². The fourth-order valence-corrected chi connectivity index (χ4v) is 6.24. The van der Waals surface area contributed by atoms with Gasteiger partial charge in [-0.2, -0.15) is 0 Å². The molecular formula is C22H32O5. The molecule has 1 aromatic carbocycles. The maximum absolute atomic E-state index is 11.1. The number of rotatable bonds is 5. The standard InChI is InChI=1S/C22H32O5/c1-21(2)14-7-8-22(21,3)20-13(14)11-15(27-20)18(23)12-9-16(24-4)19(26-6)17(10-12)25-5/h9-10,13-15,18,20,23H,7-8,11H2,1-6H3/t13-,14-,15-,18?,20-,22+/m1/s1. The highest BCUT2D eigenvalue weighted by Gasteiger charge is 2.69. The molecule has 0 aromatic heterocycles. The van der Waals surface area contributed by atoms with Crippen molar-refractivity contribution in [2.24, 2.45) is 22.7 Å². The van der Waals surface area contributed by atoms with Crippen LogP contribution < -0.4 is 14.2 Å². The van der Waals surface area contributed by atoms with Gasteiger partial charge in [-0.05, 0) is 59.6 Å². The highest BCUT2D eigenvalue weighted by atomic mass is 16.5. The molecule has 1 unspecified atom stereocenters. The van der Waals surface area contributed by atoms with E-state index < -0.39 is 6.10 Å². The van der Waals surface area contributed by atoms with E-state index in [1.807, 2.05) is 12.1 Å². The molecule has 0 amide bonds. The lowest BCUT2D eigenvalue weighted by Crippen LogP contribution is -2.38. The van der Waals surface area contributed by atoms with E-state index in [0.717, 1.165) is 12.0 Å². The van der Waals surface area contributed by atoms with E-state index in [4.69, 9.17) is 18.9 Å². The number of ether oxygens (including phenoxy) is 4. The van der Waals surface area contributed by atoms with Crippen molar-refractivity contribution in [3.05, 3.63) is 17.7 Å². The van der Waals surface area contributed by atoms with E-state index in [9.17, 15) is 5.11 Å². The maximum atomic E-state index is 11.1. The molecule has 4 rings (SSSR count). The van der Waals surface area contributed by atoms with Gasteiger partial charge in [0.25, 0.3) is 0 Å². The number of benzene rings is 1. The highest BCUT2D eigenvalue weighted by molar-refractivity contribution is 5.54. The molecule has 2 bridgehead atoms. The molecule has 3 fully saturated rings. The molecule has 5 heteroatoms. The molecule has 5 nitrogen and oxygen atoms in total. The topological polar surface area (TPSA) is 57.2 Å². The van der Waals surface area contributed by atoms with Gasteiger partial charge in [0.1, 0.15) is 6.10 Å². The van der Waals surface area contributed by atoms with E-state index in [1.165, 1.54) is 12.8 Å². The van der Waals surface area contributed by atoms with E-state index in [-0.39, 0.29) is 17.6 Å². The minimum Gasteiger partial charge on any atom is -0.493 e. The van der Waals surface area contributed by atoms with Crippen molar-refractivity contribution >= 4 is 0 Å². The minimum atomic E-state index is -0.713. The third-order valence-electron chi connectivity index (χ3n) is 8.11. The number of aliphatic hydroxyl groups excluding tert-OH is 1. The molecule has 0 radical (unpaired) electrons. The molecule has 27 heavy (non-hydrogen) atoms. The first kappa shape index (κ1) is 18.9. The Bertz CT molecular complexity index is 704. The van der Waals surface area contributed by atoms with Crippen molar-refractivity contribution in [2.75, 3.05) is 21.3 Å². The molecule has 2 saturated carbocycles.